The summed E-state index contributed by atoms with van der Waals surface area (Å²) in [4.78, 5) is 30.1. The molecule has 2 rings (SSSR count). The van der Waals surface area contributed by atoms with Crippen LogP contribution in [-0.2, 0) is 14.3 Å². The van der Waals surface area contributed by atoms with Crippen LogP contribution in [0, 0.1) is 0 Å². The molecule has 0 aliphatic carbocycles. The molecule has 2 heterocycles. The standard InChI is InChI=1S/C16H20F2N2O4S/c1-9-7-20(8-10(2)23-9)14(21)11(3)24-15(22)12-5-4-6-19-13(12)25-16(17)18/h4-6,9-11,16H,7-8H2,1-3H3. The summed E-state index contributed by atoms with van der Waals surface area (Å²) in [6, 6.07) is 2.79. The predicted octanol–water partition coefficient (Wildman–Crippen LogP) is 2.58. The molecule has 1 saturated heterocycles. The summed E-state index contributed by atoms with van der Waals surface area (Å²) < 4.78 is 35.9. The minimum absolute atomic E-state index is 0.0869. The molecular weight excluding hydrogens is 354 g/mol. The summed E-state index contributed by atoms with van der Waals surface area (Å²) in [5.41, 5.74) is -0.0869. The first-order chi connectivity index (χ1) is 11.8. The van der Waals surface area contributed by atoms with Crippen molar-refractivity contribution in [3.63, 3.8) is 0 Å². The summed E-state index contributed by atoms with van der Waals surface area (Å²) >= 11 is 0.160. The molecule has 1 amide bonds. The summed E-state index contributed by atoms with van der Waals surface area (Å²) in [5, 5.41) is -0.129. The highest BCUT2D eigenvalue weighted by atomic mass is 32.2. The van der Waals surface area contributed by atoms with Gasteiger partial charge in [-0.3, -0.25) is 4.79 Å². The Morgan fingerprint density at radius 2 is 2.00 bits per heavy atom. The number of ether oxygens (including phenoxy) is 2. The van der Waals surface area contributed by atoms with Gasteiger partial charge in [0.2, 0.25) is 0 Å². The number of thioether (sulfide) groups is 1. The van der Waals surface area contributed by atoms with Crippen LogP contribution in [0.5, 0.6) is 0 Å². The lowest BCUT2D eigenvalue weighted by Gasteiger charge is -2.36. The number of carbonyl (C=O) groups excluding carboxylic acids is 2. The van der Waals surface area contributed by atoms with Crippen LogP contribution in [0.2, 0.25) is 0 Å². The fraction of sp³-hybridized carbons (Fsp3) is 0.562. The van der Waals surface area contributed by atoms with Crippen molar-refractivity contribution in [1.29, 1.82) is 0 Å². The Hall–Kier alpha value is -1.74. The molecule has 138 valence electrons. The highest BCUT2D eigenvalue weighted by molar-refractivity contribution is 7.99. The van der Waals surface area contributed by atoms with Gasteiger partial charge in [-0.1, -0.05) is 0 Å². The van der Waals surface area contributed by atoms with Crippen LogP contribution in [0.3, 0.4) is 0 Å². The number of morpholine rings is 1. The quantitative estimate of drug-likeness (QED) is 0.583. The second-order valence-electron chi connectivity index (χ2n) is 5.78. The maximum atomic E-state index is 12.6. The lowest BCUT2D eigenvalue weighted by Crippen LogP contribution is -2.51. The van der Waals surface area contributed by atoms with E-state index in [0.717, 1.165) is 0 Å². The Bertz CT molecular complexity index is 622. The molecule has 3 atom stereocenters. The van der Waals surface area contributed by atoms with Gasteiger partial charge < -0.3 is 14.4 Å². The summed E-state index contributed by atoms with van der Waals surface area (Å²) in [6.45, 7) is 5.99. The molecule has 6 nitrogen and oxygen atoms in total. The Labute approximate surface area is 148 Å². The molecule has 1 aromatic rings. The number of hydrogen-bond donors (Lipinski definition) is 0. The first-order valence-corrected chi connectivity index (χ1v) is 8.71. The van der Waals surface area contributed by atoms with Gasteiger partial charge in [-0.05, 0) is 44.7 Å². The van der Waals surface area contributed by atoms with Crippen molar-refractivity contribution in [2.24, 2.45) is 0 Å². The lowest BCUT2D eigenvalue weighted by molar-refractivity contribution is -0.151. The van der Waals surface area contributed by atoms with Crippen molar-refractivity contribution < 1.29 is 27.8 Å². The van der Waals surface area contributed by atoms with E-state index in [0.29, 0.717) is 13.1 Å². The molecule has 25 heavy (non-hydrogen) atoms. The molecule has 9 heteroatoms. The number of rotatable bonds is 5. The molecule has 0 radical (unpaired) electrons. The van der Waals surface area contributed by atoms with Crippen LogP contribution in [0.15, 0.2) is 23.4 Å². The van der Waals surface area contributed by atoms with Gasteiger partial charge in [-0.2, -0.15) is 8.78 Å². The van der Waals surface area contributed by atoms with Crippen LogP contribution in [0.1, 0.15) is 31.1 Å². The summed E-state index contributed by atoms with van der Waals surface area (Å²) in [7, 11) is 0. The van der Waals surface area contributed by atoms with Crippen LogP contribution < -0.4 is 0 Å². The molecule has 3 unspecified atom stereocenters. The van der Waals surface area contributed by atoms with Gasteiger partial charge in [0, 0.05) is 19.3 Å². The topological polar surface area (TPSA) is 68.7 Å². The van der Waals surface area contributed by atoms with E-state index in [1.807, 2.05) is 13.8 Å². The number of pyridine rings is 1. The number of amides is 1. The van der Waals surface area contributed by atoms with Crippen LogP contribution >= 0.6 is 11.8 Å². The second-order valence-corrected chi connectivity index (χ2v) is 6.76. The largest absolute Gasteiger partial charge is 0.449 e. The SMILES string of the molecule is CC1CN(C(=O)C(C)OC(=O)c2cccnc2SC(F)F)CC(C)O1. The lowest BCUT2D eigenvalue weighted by atomic mass is 10.2. The average molecular weight is 374 g/mol. The van der Waals surface area contributed by atoms with E-state index in [1.165, 1.54) is 25.3 Å². The van der Waals surface area contributed by atoms with Gasteiger partial charge in [0.1, 0.15) is 5.03 Å². The Balaban J connectivity index is 2.04. The van der Waals surface area contributed by atoms with Crippen molar-refractivity contribution in [2.75, 3.05) is 13.1 Å². The fourth-order valence-electron chi connectivity index (χ4n) is 2.61. The molecule has 0 saturated carbocycles. The van der Waals surface area contributed by atoms with E-state index in [2.05, 4.69) is 4.98 Å². The molecule has 1 aromatic heterocycles. The Morgan fingerprint density at radius 3 is 2.60 bits per heavy atom. The van der Waals surface area contributed by atoms with Crippen molar-refractivity contribution in [3.05, 3.63) is 23.9 Å². The van der Waals surface area contributed by atoms with Gasteiger partial charge in [0.15, 0.2) is 6.10 Å². The number of carbonyl (C=O) groups is 2. The third-order valence-corrected chi connectivity index (χ3v) is 4.28. The van der Waals surface area contributed by atoms with E-state index in [-0.39, 0.29) is 40.5 Å². The first-order valence-electron chi connectivity index (χ1n) is 7.83. The molecular formula is C16H20F2N2O4S. The van der Waals surface area contributed by atoms with Crippen LogP contribution in [-0.4, -0.2) is 58.9 Å². The Morgan fingerprint density at radius 1 is 1.36 bits per heavy atom. The van der Waals surface area contributed by atoms with E-state index < -0.39 is 17.8 Å². The van der Waals surface area contributed by atoms with Gasteiger partial charge in [0.05, 0.1) is 17.8 Å². The van der Waals surface area contributed by atoms with Crippen molar-refractivity contribution in [1.82, 2.24) is 9.88 Å². The zero-order valence-electron chi connectivity index (χ0n) is 14.1. The predicted molar refractivity (Wildman–Crippen MR) is 87.6 cm³/mol. The molecule has 0 spiro atoms. The summed E-state index contributed by atoms with van der Waals surface area (Å²) in [6.07, 6.45) is 0.0626. The third-order valence-electron chi connectivity index (χ3n) is 3.55. The maximum absolute atomic E-state index is 12.6. The highest BCUT2D eigenvalue weighted by Crippen LogP contribution is 2.27. The monoisotopic (exact) mass is 374 g/mol. The second kappa shape index (κ2) is 8.57. The number of nitrogens with zero attached hydrogens (tertiary/aromatic N) is 2. The van der Waals surface area contributed by atoms with E-state index in [4.69, 9.17) is 9.47 Å². The van der Waals surface area contributed by atoms with E-state index in [1.54, 1.807) is 4.90 Å². The highest BCUT2D eigenvalue weighted by Gasteiger charge is 2.31. The molecule has 0 bridgehead atoms. The normalized spacial score (nSPS) is 21.9. The van der Waals surface area contributed by atoms with Gasteiger partial charge >= 0.3 is 5.97 Å². The third kappa shape index (κ3) is 5.37. The molecule has 1 aliphatic rings. The smallest absolute Gasteiger partial charge is 0.341 e. The first kappa shape index (κ1) is 19.6. The number of alkyl halides is 2. The zero-order chi connectivity index (χ0) is 18.6. The number of esters is 1. The zero-order valence-corrected chi connectivity index (χ0v) is 15.0. The van der Waals surface area contributed by atoms with Gasteiger partial charge in [0.25, 0.3) is 11.7 Å². The van der Waals surface area contributed by atoms with Gasteiger partial charge in [-0.15, -0.1) is 0 Å². The fourth-order valence-corrected chi connectivity index (χ4v) is 3.18. The molecule has 1 aliphatic heterocycles. The molecule has 0 aromatic carbocycles. The molecule has 1 fully saturated rings. The van der Waals surface area contributed by atoms with Crippen molar-refractivity contribution >= 4 is 23.6 Å². The number of aromatic nitrogens is 1. The number of halogens is 2. The minimum Gasteiger partial charge on any atom is -0.449 e. The van der Waals surface area contributed by atoms with Crippen LogP contribution in [0.4, 0.5) is 8.78 Å². The number of hydrogen-bond acceptors (Lipinski definition) is 6. The maximum Gasteiger partial charge on any atom is 0.341 e. The van der Waals surface area contributed by atoms with Crippen molar-refractivity contribution in [2.45, 2.75) is 49.9 Å². The van der Waals surface area contributed by atoms with Crippen LogP contribution in [0.25, 0.3) is 0 Å². The average Bonchev–Trinajstić information content (AvgIpc) is 2.53. The minimum atomic E-state index is -2.71. The van der Waals surface area contributed by atoms with E-state index in [9.17, 15) is 18.4 Å². The Kier molecular flexibility index (Phi) is 6.71. The van der Waals surface area contributed by atoms with E-state index >= 15 is 0 Å². The van der Waals surface area contributed by atoms with Gasteiger partial charge in [-0.25, -0.2) is 9.78 Å². The van der Waals surface area contributed by atoms with Crippen molar-refractivity contribution in [3.8, 4) is 0 Å². The summed E-state index contributed by atoms with van der Waals surface area (Å²) in [5.74, 6) is -3.91. The molecule has 0 N–H and O–H groups in total.